The maximum atomic E-state index is 13.6. The van der Waals surface area contributed by atoms with Crippen molar-refractivity contribution >= 4 is 11.3 Å². The largest absolute Gasteiger partial charge is 0.312 e. The van der Waals surface area contributed by atoms with Gasteiger partial charge >= 0.3 is 0 Å². The second kappa shape index (κ2) is 6.02. The molecule has 18 heavy (non-hydrogen) atoms. The van der Waals surface area contributed by atoms with Gasteiger partial charge < -0.3 is 5.32 Å². The predicted octanol–water partition coefficient (Wildman–Crippen LogP) is 3.15. The zero-order valence-corrected chi connectivity index (χ0v) is 11.4. The summed E-state index contributed by atoms with van der Waals surface area (Å²) in [5, 5.41) is 4.06. The van der Waals surface area contributed by atoms with Crippen LogP contribution in [0.2, 0.25) is 0 Å². The minimum absolute atomic E-state index is 0.320. The number of thiazole rings is 1. The lowest BCUT2D eigenvalue weighted by molar-refractivity contribution is 0.625. The highest BCUT2D eigenvalue weighted by atomic mass is 32.1. The fourth-order valence-electron chi connectivity index (χ4n) is 1.63. The first-order valence-electron chi connectivity index (χ1n) is 5.99. The SMILES string of the molecule is CCCNCc1sc(-c2ccncc2F)nc1C. The van der Waals surface area contributed by atoms with Crippen molar-refractivity contribution in [3.8, 4) is 10.6 Å². The number of aryl methyl sites for hydroxylation is 1. The number of halogens is 1. The van der Waals surface area contributed by atoms with Crippen LogP contribution in [0.5, 0.6) is 0 Å². The molecule has 0 aliphatic heterocycles. The molecule has 0 radical (unpaired) electrons. The highest BCUT2D eigenvalue weighted by molar-refractivity contribution is 7.15. The molecule has 0 aliphatic carbocycles. The van der Waals surface area contributed by atoms with Gasteiger partial charge in [-0.2, -0.15) is 0 Å². The molecule has 0 atom stereocenters. The van der Waals surface area contributed by atoms with E-state index in [0.29, 0.717) is 5.56 Å². The van der Waals surface area contributed by atoms with Crippen molar-refractivity contribution in [1.82, 2.24) is 15.3 Å². The number of nitrogens with zero attached hydrogens (tertiary/aromatic N) is 2. The Kier molecular flexibility index (Phi) is 4.38. The van der Waals surface area contributed by atoms with Gasteiger partial charge in [0.15, 0.2) is 5.82 Å². The Morgan fingerprint density at radius 3 is 3.00 bits per heavy atom. The fraction of sp³-hybridized carbons (Fsp3) is 0.385. The quantitative estimate of drug-likeness (QED) is 0.844. The van der Waals surface area contributed by atoms with E-state index in [0.717, 1.165) is 35.1 Å². The van der Waals surface area contributed by atoms with Gasteiger partial charge in [-0.05, 0) is 26.0 Å². The van der Waals surface area contributed by atoms with Crippen molar-refractivity contribution in [3.05, 3.63) is 34.8 Å². The van der Waals surface area contributed by atoms with Crippen molar-refractivity contribution < 1.29 is 4.39 Å². The van der Waals surface area contributed by atoms with E-state index in [1.54, 1.807) is 12.3 Å². The molecule has 0 aliphatic rings. The van der Waals surface area contributed by atoms with Crippen LogP contribution in [-0.2, 0) is 6.54 Å². The summed E-state index contributed by atoms with van der Waals surface area (Å²) < 4.78 is 13.6. The number of hydrogen-bond acceptors (Lipinski definition) is 4. The maximum absolute atomic E-state index is 13.6. The molecule has 0 amide bonds. The van der Waals surface area contributed by atoms with Crippen LogP contribution in [0.4, 0.5) is 4.39 Å². The first-order chi connectivity index (χ1) is 8.72. The van der Waals surface area contributed by atoms with Gasteiger partial charge in [0, 0.05) is 23.2 Å². The molecule has 2 aromatic heterocycles. The molecular weight excluding hydrogens is 249 g/mol. The summed E-state index contributed by atoms with van der Waals surface area (Å²) in [6.45, 7) is 5.87. The normalized spacial score (nSPS) is 10.8. The topological polar surface area (TPSA) is 37.8 Å². The lowest BCUT2D eigenvalue weighted by atomic mass is 10.3. The van der Waals surface area contributed by atoms with Crippen LogP contribution in [0.15, 0.2) is 18.5 Å². The smallest absolute Gasteiger partial charge is 0.151 e. The Morgan fingerprint density at radius 1 is 1.44 bits per heavy atom. The highest BCUT2D eigenvalue weighted by Gasteiger charge is 2.12. The van der Waals surface area contributed by atoms with Gasteiger partial charge in [-0.1, -0.05) is 6.92 Å². The Morgan fingerprint density at radius 2 is 2.28 bits per heavy atom. The second-order valence-corrected chi connectivity index (χ2v) is 5.14. The summed E-state index contributed by atoms with van der Waals surface area (Å²) >= 11 is 1.54. The van der Waals surface area contributed by atoms with Gasteiger partial charge in [0.25, 0.3) is 0 Å². The summed E-state index contributed by atoms with van der Waals surface area (Å²) in [5.74, 6) is -0.320. The molecule has 1 N–H and O–H groups in total. The van der Waals surface area contributed by atoms with Gasteiger partial charge in [0.2, 0.25) is 0 Å². The predicted molar refractivity (Wildman–Crippen MR) is 72.0 cm³/mol. The van der Waals surface area contributed by atoms with Gasteiger partial charge in [-0.25, -0.2) is 9.37 Å². The number of rotatable bonds is 5. The van der Waals surface area contributed by atoms with Crippen LogP contribution in [0.1, 0.15) is 23.9 Å². The van der Waals surface area contributed by atoms with Gasteiger partial charge in [0.1, 0.15) is 5.01 Å². The minimum Gasteiger partial charge on any atom is -0.312 e. The summed E-state index contributed by atoms with van der Waals surface area (Å²) in [6.07, 6.45) is 3.91. The molecule has 2 aromatic rings. The molecule has 0 unspecified atom stereocenters. The monoisotopic (exact) mass is 265 g/mol. The van der Waals surface area contributed by atoms with Crippen molar-refractivity contribution in [3.63, 3.8) is 0 Å². The Hall–Kier alpha value is -1.33. The molecule has 0 spiro atoms. The first kappa shape index (κ1) is 13.1. The summed E-state index contributed by atoms with van der Waals surface area (Å²) in [6, 6.07) is 1.66. The van der Waals surface area contributed by atoms with E-state index in [2.05, 4.69) is 22.2 Å². The van der Waals surface area contributed by atoms with E-state index < -0.39 is 0 Å². The molecule has 5 heteroatoms. The second-order valence-electron chi connectivity index (χ2n) is 4.06. The Balaban J connectivity index is 2.21. The Labute approximate surface area is 110 Å². The van der Waals surface area contributed by atoms with E-state index in [1.165, 1.54) is 17.5 Å². The molecule has 96 valence electrons. The number of nitrogens with one attached hydrogen (secondary N) is 1. The number of hydrogen-bond donors (Lipinski definition) is 1. The fourth-order valence-corrected chi connectivity index (χ4v) is 2.69. The van der Waals surface area contributed by atoms with Crippen molar-refractivity contribution in [2.24, 2.45) is 0 Å². The molecule has 2 heterocycles. The van der Waals surface area contributed by atoms with Crippen LogP contribution >= 0.6 is 11.3 Å². The summed E-state index contributed by atoms with van der Waals surface area (Å²) in [4.78, 5) is 9.34. The first-order valence-corrected chi connectivity index (χ1v) is 6.81. The van der Waals surface area contributed by atoms with Crippen molar-refractivity contribution in [2.45, 2.75) is 26.8 Å². The third kappa shape index (κ3) is 2.91. The van der Waals surface area contributed by atoms with E-state index in [1.807, 2.05) is 6.92 Å². The van der Waals surface area contributed by atoms with Crippen molar-refractivity contribution in [1.29, 1.82) is 0 Å². The van der Waals surface area contributed by atoms with E-state index in [4.69, 9.17) is 0 Å². The minimum atomic E-state index is -0.320. The van der Waals surface area contributed by atoms with Gasteiger partial charge in [0.05, 0.1) is 11.9 Å². The lowest BCUT2D eigenvalue weighted by Gasteiger charge is -1.99. The maximum Gasteiger partial charge on any atom is 0.151 e. The molecule has 0 saturated heterocycles. The number of pyridine rings is 1. The van der Waals surface area contributed by atoms with Gasteiger partial charge in [-0.3, -0.25) is 4.98 Å². The average Bonchev–Trinajstić information content (AvgIpc) is 2.72. The van der Waals surface area contributed by atoms with Crippen LogP contribution in [0.25, 0.3) is 10.6 Å². The summed E-state index contributed by atoms with van der Waals surface area (Å²) in [5.41, 5.74) is 1.50. The zero-order chi connectivity index (χ0) is 13.0. The Bertz CT molecular complexity index is 525. The lowest BCUT2D eigenvalue weighted by Crippen LogP contribution is -2.13. The van der Waals surface area contributed by atoms with Crippen LogP contribution < -0.4 is 5.32 Å². The highest BCUT2D eigenvalue weighted by Crippen LogP contribution is 2.29. The molecule has 0 aromatic carbocycles. The molecule has 0 saturated carbocycles. The molecule has 3 nitrogen and oxygen atoms in total. The standard InChI is InChI=1S/C13H16FN3S/c1-3-5-15-8-12-9(2)17-13(18-12)10-4-6-16-7-11(10)14/h4,6-7,15H,3,5,8H2,1-2H3. The van der Waals surface area contributed by atoms with Crippen LogP contribution in [0, 0.1) is 12.7 Å². The average molecular weight is 265 g/mol. The van der Waals surface area contributed by atoms with E-state index in [-0.39, 0.29) is 5.82 Å². The molecular formula is C13H16FN3S. The van der Waals surface area contributed by atoms with Gasteiger partial charge in [-0.15, -0.1) is 11.3 Å². The molecule has 0 bridgehead atoms. The molecule has 0 fully saturated rings. The van der Waals surface area contributed by atoms with Crippen LogP contribution in [0.3, 0.4) is 0 Å². The zero-order valence-electron chi connectivity index (χ0n) is 10.5. The third-order valence-corrected chi connectivity index (χ3v) is 3.80. The van der Waals surface area contributed by atoms with E-state index in [9.17, 15) is 4.39 Å². The molecule has 2 rings (SSSR count). The third-order valence-electron chi connectivity index (χ3n) is 2.61. The summed E-state index contributed by atoms with van der Waals surface area (Å²) in [7, 11) is 0. The van der Waals surface area contributed by atoms with E-state index >= 15 is 0 Å². The van der Waals surface area contributed by atoms with Crippen LogP contribution in [-0.4, -0.2) is 16.5 Å². The number of aromatic nitrogens is 2. The van der Waals surface area contributed by atoms with Crippen molar-refractivity contribution in [2.75, 3.05) is 6.54 Å².